The molecule has 0 aromatic heterocycles. The van der Waals surface area contributed by atoms with Crippen LogP contribution in [-0.4, -0.2) is 83.7 Å². The van der Waals surface area contributed by atoms with Crippen molar-refractivity contribution >= 4 is 24.5 Å². The molecule has 0 radical (unpaired) electrons. The Morgan fingerprint density at radius 3 is 2.21 bits per heavy atom. The van der Waals surface area contributed by atoms with Gasteiger partial charge in [0.1, 0.15) is 6.04 Å². The lowest BCUT2D eigenvalue weighted by molar-refractivity contribution is -0.143. The predicted octanol–water partition coefficient (Wildman–Crippen LogP) is 0.546. The van der Waals surface area contributed by atoms with Gasteiger partial charge in [0, 0.05) is 44.0 Å². The molecule has 0 unspecified atom stereocenters. The molecule has 6 atom stereocenters. The average molecular weight is 435 g/mol. The number of nitrogens with zero attached hydrogens (tertiary/aromatic N) is 1. The number of carboxylic acid groups (broad SMARTS) is 1. The second-order valence-corrected chi connectivity index (χ2v) is 8.39. The van der Waals surface area contributed by atoms with Crippen LogP contribution >= 0.6 is 12.6 Å². The fourth-order valence-corrected chi connectivity index (χ4v) is 3.41. The third-order valence-corrected chi connectivity index (χ3v) is 6.12. The number of carboxylic acids is 1. The molecule has 9 heteroatoms. The first-order chi connectivity index (χ1) is 13.6. The van der Waals surface area contributed by atoms with Gasteiger partial charge in [0.05, 0.1) is 6.04 Å². The Kier molecular flexibility index (Phi) is 14.6. The zero-order valence-electron chi connectivity index (χ0n) is 18.6. The van der Waals surface area contributed by atoms with Gasteiger partial charge in [-0.3, -0.25) is 9.69 Å². The summed E-state index contributed by atoms with van der Waals surface area (Å²) in [4.78, 5) is 26.3. The quantitative estimate of drug-likeness (QED) is 0.196. The highest BCUT2D eigenvalue weighted by atomic mass is 32.1. The maximum Gasteiger partial charge on any atom is 0.326 e. The lowest BCUT2D eigenvalue weighted by Gasteiger charge is -2.36. The van der Waals surface area contributed by atoms with E-state index >= 15 is 0 Å². The Hall–Kier alpha value is -0.870. The minimum atomic E-state index is -1.14. The van der Waals surface area contributed by atoms with E-state index in [0.29, 0.717) is 24.8 Å². The topological polar surface area (TPSA) is 128 Å². The number of aliphatic hydroxyl groups is 1. The maximum absolute atomic E-state index is 13.0. The van der Waals surface area contributed by atoms with Crippen molar-refractivity contribution in [1.29, 1.82) is 0 Å². The Morgan fingerprint density at radius 2 is 1.76 bits per heavy atom. The number of hydrogen-bond acceptors (Lipinski definition) is 7. The highest BCUT2D eigenvalue weighted by molar-refractivity contribution is 7.80. The normalized spacial score (nSPS) is 18.0. The summed E-state index contributed by atoms with van der Waals surface area (Å²) in [7, 11) is 1.90. The lowest BCUT2D eigenvalue weighted by Crippen LogP contribution is -2.56. The minimum absolute atomic E-state index is 0.0172. The largest absolute Gasteiger partial charge is 0.480 e. The molecule has 0 aliphatic carbocycles. The van der Waals surface area contributed by atoms with Gasteiger partial charge in [0.2, 0.25) is 5.91 Å². The molecule has 0 heterocycles. The van der Waals surface area contributed by atoms with Gasteiger partial charge < -0.3 is 26.6 Å². The SMILES string of the molecule is CC[C@H](C)[C@@H](C(=O)N[C@@H](CCO)C(=O)O)N(C)C[C@@H](NC[C@@H](N)CS)[C@@H](C)CC. The van der Waals surface area contributed by atoms with Crippen LogP contribution in [0.25, 0.3) is 0 Å². The second-order valence-electron chi connectivity index (χ2n) is 8.02. The summed E-state index contributed by atoms with van der Waals surface area (Å²) in [6.07, 6.45) is 1.75. The van der Waals surface area contributed by atoms with Gasteiger partial charge >= 0.3 is 5.97 Å². The van der Waals surface area contributed by atoms with Gasteiger partial charge in [-0.1, -0.05) is 40.5 Å². The van der Waals surface area contributed by atoms with E-state index in [1.54, 1.807) is 0 Å². The predicted molar refractivity (Wildman–Crippen MR) is 120 cm³/mol. The molecule has 0 aromatic carbocycles. The first kappa shape index (κ1) is 28.1. The Balaban J connectivity index is 5.34. The molecular formula is C20H42N4O4S. The van der Waals surface area contributed by atoms with E-state index < -0.39 is 18.1 Å². The number of carbonyl (C=O) groups is 2. The second kappa shape index (κ2) is 15.0. The summed E-state index contributed by atoms with van der Waals surface area (Å²) < 4.78 is 0. The van der Waals surface area contributed by atoms with E-state index in [4.69, 9.17) is 10.8 Å². The van der Waals surface area contributed by atoms with Crippen LogP contribution in [-0.2, 0) is 9.59 Å². The molecule has 0 aliphatic heterocycles. The van der Waals surface area contributed by atoms with Crippen LogP contribution in [0.5, 0.6) is 0 Å². The molecule has 0 spiro atoms. The van der Waals surface area contributed by atoms with Crippen LogP contribution in [0.4, 0.5) is 0 Å². The zero-order valence-corrected chi connectivity index (χ0v) is 19.5. The van der Waals surface area contributed by atoms with Crippen molar-refractivity contribution < 1.29 is 19.8 Å². The number of nitrogens with one attached hydrogen (secondary N) is 2. The molecule has 0 aromatic rings. The van der Waals surface area contributed by atoms with Crippen molar-refractivity contribution in [2.45, 2.75) is 71.1 Å². The standard InChI is InChI=1S/C20H42N4O4S/c1-6-13(3)17(22-10-15(21)12-29)11-24(5)18(14(4)7-2)19(26)23-16(8-9-25)20(27)28/h13-18,22,25,29H,6-12,21H2,1-5H3,(H,23,26)(H,27,28)/t13-,14-,15+,16-,17+,18-/m0/s1. The Labute approximate surface area is 181 Å². The third-order valence-electron chi connectivity index (χ3n) is 5.65. The molecule has 0 saturated heterocycles. The summed E-state index contributed by atoms with van der Waals surface area (Å²) in [5.41, 5.74) is 5.99. The molecule has 0 aliphatic rings. The highest BCUT2D eigenvalue weighted by Crippen LogP contribution is 2.17. The molecule has 0 fully saturated rings. The maximum atomic E-state index is 13.0. The molecule has 8 nitrogen and oxygen atoms in total. The third kappa shape index (κ3) is 10.1. The highest BCUT2D eigenvalue weighted by Gasteiger charge is 2.33. The monoisotopic (exact) mass is 434 g/mol. The van der Waals surface area contributed by atoms with E-state index in [0.717, 1.165) is 12.8 Å². The summed E-state index contributed by atoms with van der Waals surface area (Å²) in [6.45, 7) is 9.27. The number of aliphatic carboxylic acids is 1. The molecule has 29 heavy (non-hydrogen) atoms. The van der Waals surface area contributed by atoms with Crippen LogP contribution < -0.4 is 16.4 Å². The molecule has 6 N–H and O–H groups in total. The Morgan fingerprint density at radius 1 is 1.17 bits per heavy atom. The van der Waals surface area contributed by atoms with E-state index in [2.05, 4.69) is 37.1 Å². The van der Waals surface area contributed by atoms with Gasteiger partial charge in [0.15, 0.2) is 0 Å². The fraction of sp³-hybridized carbons (Fsp3) is 0.900. The number of rotatable bonds is 16. The van der Waals surface area contributed by atoms with Crippen molar-refractivity contribution in [3.63, 3.8) is 0 Å². The molecular weight excluding hydrogens is 392 g/mol. The summed E-state index contributed by atoms with van der Waals surface area (Å²) in [6, 6.07) is -1.46. The van der Waals surface area contributed by atoms with Crippen LogP contribution in [0, 0.1) is 11.8 Å². The van der Waals surface area contributed by atoms with Gasteiger partial charge in [-0.2, -0.15) is 12.6 Å². The number of nitrogens with two attached hydrogens (primary N) is 1. The number of amides is 1. The van der Waals surface area contributed by atoms with Gasteiger partial charge in [-0.05, 0) is 18.9 Å². The van der Waals surface area contributed by atoms with Crippen LogP contribution in [0.2, 0.25) is 0 Å². The number of carbonyl (C=O) groups excluding carboxylic acids is 1. The van der Waals surface area contributed by atoms with Crippen molar-refractivity contribution in [1.82, 2.24) is 15.5 Å². The van der Waals surface area contributed by atoms with E-state index in [1.807, 2.05) is 25.8 Å². The van der Waals surface area contributed by atoms with Crippen molar-refractivity contribution in [3.05, 3.63) is 0 Å². The van der Waals surface area contributed by atoms with E-state index in [1.165, 1.54) is 0 Å². The van der Waals surface area contributed by atoms with Crippen LogP contribution in [0.1, 0.15) is 47.0 Å². The molecule has 1 amide bonds. The van der Waals surface area contributed by atoms with Crippen molar-refractivity contribution in [2.75, 3.05) is 32.5 Å². The first-order valence-electron chi connectivity index (χ1n) is 10.6. The number of hydrogen-bond donors (Lipinski definition) is 6. The molecule has 0 bridgehead atoms. The summed E-state index contributed by atoms with van der Waals surface area (Å²) in [5.74, 6) is -0.446. The van der Waals surface area contributed by atoms with Gasteiger partial charge in [-0.15, -0.1) is 0 Å². The van der Waals surface area contributed by atoms with Crippen molar-refractivity contribution in [3.8, 4) is 0 Å². The number of aliphatic hydroxyl groups excluding tert-OH is 1. The summed E-state index contributed by atoms with van der Waals surface area (Å²) in [5, 5.41) is 24.5. The van der Waals surface area contributed by atoms with E-state index in [-0.39, 0.29) is 36.9 Å². The fourth-order valence-electron chi connectivity index (χ4n) is 3.28. The minimum Gasteiger partial charge on any atom is -0.480 e. The Bertz CT molecular complexity index is 483. The smallest absolute Gasteiger partial charge is 0.326 e. The average Bonchev–Trinajstić information content (AvgIpc) is 2.69. The number of likely N-dealkylation sites (N-methyl/N-ethyl adjacent to an activating group) is 1. The zero-order chi connectivity index (χ0) is 22.6. The molecule has 0 saturated carbocycles. The van der Waals surface area contributed by atoms with Gasteiger partial charge in [0.25, 0.3) is 0 Å². The van der Waals surface area contributed by atoms with E-state index in [9.17, 15) is 14.7 Å². The number of thiol groups is 1. The summed E-state index contributed by atoms with van der Waals surface area (Å²) >= 11 is 4.23. The molecule has 0 rings (SSSR count). The van der Waals surface area contributed by atoms with Crippen molar-refractivity contribution in [2.24, 2.45) is 17.6 Å². The van der Waals surface area contributed by atoms with Crippen LogP contribution in [0.3, 0.4) is 0 Å². The van der Waals surface area contributed by atoms with Gasteiger partial charge in [-0.25, -0.2) is 4.79 Å². The lowest BCUT2D eigenvalue weighted by atomic mass is 9.93. The first-order valence-corrected chi connectivity index (χ1v) is 11.2. The van der Waals surface area contributed by atoms with Crippen LogP contribution in [0.15, 0.2) is 0 Å². The molecule has 172 valence electrons.